The van der Waals surface area contributed by atoms with Crippen molar-refractivity contribution in [3.05, 3.63) is 75.7 Å². The van der Waals surface area contributed by atoms with Gasteiger partial charge in [-0.3, -0.25) is 14.9 Å². The van der Waals surface area contributed by atoms with Crippen molar-refractivity contribution in [3.8, 4) is 11.6 Å². The molecule has 1 aliphatic rings. The summed E-state index contributed by atoms with van der Waals surface area (Å²) in [5, 5.41) is 20.4. The minimum atomic E-state index is -5.18. The molecular weight excluding hydrogens is 540 g/mol. The van der Waals surface area contributed by atoms with Crippen LogP contribution in [0.5, 0.6) is 0 Å². The fourth-order valence-corrected chi connectivity index (χ4v) is 3.74. The molecule has 1 N–H and O–H groups in total. The van der Waals surface area contributed by atoms with Crippen LogP contribution in [0.25, 0.3) is 11.6 Å². The number of pyridine rings is 1. The zero-order chi connectivity index (χ0) is 28.4. The first-order valence-electron chi connectivity index (χ1n) is 11.1. The Kier molecular flexibility index (Phi) is 7.41. The van der Waals surface area contributed by atoms with Gasteiger partial charge >= 0.3 is 18.0 Å². The predicted octanol–water partition coefficient (Wildman–Crippen LogP) is 5.71. The highest BCUT2D eigenvalue weighted by Crippen LogP contribution is 2.47. The topological polar surface area (TPSA) is 133 Å². The van der Waals surface area contributed by atoms with Gasteiger partial charge in [-0.1, -0.05) is 42.5 Å². The molecule has 16 heteroatoms. The van der Waals surface area contributed by atoms with E-state index in [1.165, 1.54) is 18.2 Å². The monoisotopic (exact) mass is 557 g/mol. The highest BCUT2D eigenvalue weighted by Gasteiger charge is 2.61. The molecule has 1 unspecified atom stereocenters. The summed E-state index contributed by atoms with van der Waals surface area (Å²) in [5.74, 6) is -4.24. The number of carbonyl (C=O) groups is 1. The first kappa shape index (κ1) is 27.7. The number of amides is 1. The van der Waals surface area contributed by atoms with Gasteiger partial charge in [0.15, 0.2) is 0 Å². The molecule has 2 aromatic heterocycles. The van der Waals surface area contributed by atoms with Gasteiger partial charge < -0.3 is 14.5 Å². The quantitative estimate of drug-likeness (QED) is 0.187. The minimum absolute atomic E-state index is 0.0758. The molecule has 3 aromatic rings. The van der Waals surface area contributed by atoms with E-state index >= 15 is 0 Å². The number of hydrogen-bond acceptors (Lipinski definition) is 8. The number of aromatic nitrogens is 3. The second kappa shape index (κ2) is 10.4. The summed E-state index contributed by atoms with van der Waals surface area (Å²) in [6.07, 6.45) is -9.61. The van der Waals surface area contributed by atoms with E-state index in [2.05, 4.69) is 15.2 Å². The SMILES string of the molecule is O=C1C/C=C\CCC(OCc2ccccc2)(C(F)(F)F)c2nnc(o2)-c2nc(c(C(F)(F)F)cc2[N+](=O)[O-])N1. The van der Waals surface area contributed by atoms with Crippen LogP contribution in [0.4, 0.5) is 37.8 Å². The lowest BCUT2D eigenvalue weighted by Crippen LogP contribution is -2.45. The Labute approximate surface area is 214 Å². The second-order valence-corrected chi connectivity index (χ2v) is 8.28. The molecule has 39 heavy (non-hydrogen) atoms. The molecule has 0 fully saturated rings. The van der Waals surface area contributed by atoms with E-state index in [0.717, 1.165) is 6.08 Å². The van der Waals surface area contributed by atoms with Gasteiger partial charge in [0.25, 0.3) is 11.8 Å². The summed E-state index contributed by atoms with van der Waals surface area (Å²) >= 11 is 0. The molecule has 0 radical (unpaired) electrons. The maximum atomic E-state index is 14.6. The molecule has 1 atom stereocenters. The number of nitrogens with zero attached hydrogens (tertiary/aromatic N) is 4. The molecule has 1 amide bonds. The zero-order valence-corrected chi connectivity index (χ0v) is 19.5. The Morgan fingerprint density at radius 3 is 2.46 bits per heavy atom. The number of hydrogen-bond donors (Lipinski definition) is 1. The average Bonchev–Trinajstić information content (AvgIpc) is 3.34. The van der Waals surface area contributed by atoms with Crippen LogP contribution in [0.2, 0.25) is 0 Å². The third-order valence-corrected chi connectivity index (χ3v) is 5.65. The lowest BCUT2D eigenvalue weighted by atomic mass is 9.95. The summed E-state index contributed by atoms with van der Waals surface area (Å²) in [7, 11) is 0. The van der Waals surface area contributed by atoms with Gasteiger partial charge in [0.2, 0.25) is 17.2 Å². The summed E-state index contributed by atoms with van der Waals surface area (Å²) in [6.45, 7) is -0.549. The van der Waals surface area contributed by atoms with E-state index in [9.17, 15) is 41.3 Å². The molecule has 0 spiro atoms. The molecule has 3 heterocycles. The molecule has 0 saturated heterocycles. The molecule has 4 rings (SSSR count). The van der Waals surface area contributed by atoms with E-state index in [4.69, 9.17) is 9.15 Å². The van der Waals surface area contributed by atoms with Gasteiger partial charge in [0.05, 0.1) is 11.5 Å². The summed E-state index contributed by atoms with van der Waals surface area (Å²) in [5.41, 5.74) is -6.76. The van der Waals surface area contributed by atoms with Crippen LogP contribution in [0.15, 0.2) is 53.0 Å². The van der Waals surface area contributed by atoms with Crippen LogP contribution >= 0.6 is 0 Å². The molecular formula is C23H17F6N5O5. The largest absolute Gasteiger partial charge is 0.426 e. The molecule has 1 aliphatic heterocycles. The minimum Gasteiger partial charge on any atom is -0.415 e. The fourth-order valence-electron chi connectivity index (χ4n) is 3.74. The number of anilines is 1. The molecule has 0 aliphatic carbocycles. The Hall–Kier alpha value is -4.34. The normalized spacial score (nSPS) is 19.2. The first-order valence-corrected chi connectivity index (χ1v) is 11.1. The van der Waals surface area contributed by atoms with Gasteiger partial charge in [0.1, 0.15) is 11.4 Å². The lowest BCUT2D eigenvalue weighted by Gasteiger charge is -2.32. The number of nitrogens with one attached hydrogen (secondary N) is 1. The number of fused-ring (bicyclic) bond motifs is 5. The third-order valence-electron chi connectivity index (χ3n) is 5.65. The summed E-state index contributed by atoms with van der Waals surface area (Å²) < 4.78 is 95.3. The maximum absolute atomic E-state index is 14.6. The van der Waals surface area contributed by atoms with Crippen molar-refractivity contribution in [1.82, 2.24) is 15.2 Å². The highest BCUT2D eigenvalue weighted by atomic mass is 19.4. The Bertz CT molecular complexity index is 1410. The zero-order valence-electron chi connectivity index (χ0n) is 19.5. The van der Waals surface area contributed by atoms with Crippen LogP contribution in [0.1, 0.15) is 36.3 Å². The van der Waals surface area contributed by atoms with Crippen LogP contribution in [0, 0.1) is 10.1 Å². The number of nitro groups is 1. The van der Waals surface area contributed by atoms with Crippen molar-refractivity contribution < 1.29 is 45.2 Å². The van der Waals surface area contributed by atoms with Crippen molar-refractivity contribution in [2.75, 3.05) is 5.32 Å². The average molecular weight is 557 g/mol. The van der Waals surface area contributed by atoms with E-state index in [1.807, 2.05) is 5.32 Å². The maximum Gasteiger partial charge on any atom is 0.426 e. The van der Waals surface area contributed by atoms with Gasteiger partial charge in [-0.25, -0.2) is 4.98 Å². The van der Waals surface area contributed by atoms with Crippen molar-refractivity contribution in [3.63, 3.8) is 0 Å². The van der Waals surface area contributed by atoms with Gasteiger partial charge in [-0.2, -0.15) is 26.3 Å². The van der Waals surface area contributed by atoms with E-state index < -0.39 is 82.8 Å². The Morgan fingerprint density at radius 2 is 1.82 bits per heavy atom. The highest BCUT2D eigenvalue weighted by molar-refractivity contribution is 5.92. The second-order valence-electron chi connectivity index (χ2n) is 8.28. The Balaban J connectivity index is 1.92. The summed E-state index contributed by atoms with van der Waals surface area (Å²) in [6, 6.07) is 7.92. The van der Waals surface area contributed by atoms with Crippen LogP contribution < -0.4 is 5.32 Å². The molecule has 4 bridgehead atoms. The lowest BCUT2D eigenvalue weighted by molar-refractivity contribution is -0.384. The fraction of sp³-hybridized carbons (Fsp3) is 0.304. The van der Waals surface area contributed by atoms with Crippen molar-refractivity contribution >= 4 is 17.4 Å². The number of alkyl halides is 6. The van der Waals surface area contributed by atoms with Crippen LogP contribution in [-0.2, 0) is 27.9 Å². The Morgan fingerprint density at radius 1 is 1.10 bits per heavy atom. The summed E-state index contributed by atoms with van der Waals surface area (Å²) in [4.78, 5) is 26.1. The van der Waals surface area contributed by atoms with Gasteiger partial charge in [-0.15, -0.1) is 10.2 Å². The number of rotatable bonds is 4. The first-order chi connectivity index (χ1) is 18.3. The molecule has 1 aromatic carbocycles. The van der Waals surface area contributed by atoms with Gasteiger partial charge in [-0.05, 0) is 18.4 Å². The number of ether oxygens (including phenoxy) is 1. The van der Waals surface area contributed by atoms with Crippen LogP contribution in [0.3, 0.4) is 0 Å². The van der Waals surface area contributed by atoms with Crippen molar-refractivity contribution in [1.29, 1.82) is 0 Å². The molecule has 0 saturated carbocycles. The number of halogens is 6. The predicted molar refractivity (Wildman–Crippen MR) is 120 cm³/mol. The number of allylic oxidation sites excluding steroid dienone is 1. The van der Waals surface area contributed by atoms with Crippen molar-refractivity contribution in [2.45, 2.75) is 43.8 Å². The standard InChI is InChI=1S/C23H17F6N5O5/c24-22(25,26)14-11-15(34(36)37)17-19-32-33-20(39-19)21(23(27,28)29,38-12-13-7-3-1-4-8-13)10-6-2-5-9-16(35)30-18(14)31-17/h1-5,7-8,11H,6,9-10,12H2,(H,30,31,35)/b5-2-. The third kappa shape index (κ3) is 5.74. The van der Waals surface area contributed by atoms with E-state index in [0.29, 0.717) is 5.56 Å². The number of carbonyl (C=O) groups excluding carboxylic acids is 1. The molecule has 10 nitrogen and oxygen atoms in total. The van der Waals surface area contributed by atoms with Crippen molar-refractivity contribution in [2.24, 2.45) is 0 Å². The van der Waals surface area contributed by atoms with Gasteiger partial charge in [0, 0.05) is 12.5 Å². The van der Waals surface area contributed by atoms with E-state index in [1.54, 1.807) is 18.2 Å². The number of benzene rings is 1. The van der Waals surface area contributed by atoms with E-state index in [-0.39, 0.29) is 12.5 Å². The van der Waals surface area contributed by atoms with Crippen LogP contribution in [-0.4, -0.2) is 32.2 Å². The smallest absolute Gasteiger partial charge is 0.415 e. The molecule has 206 valence electrons.